The van der Waals surface area contributed by atoms with Gasteiger partial charge in [-0.05, 0) is 41.0 Å². The number of nitrogens with one attached hydrogen (secondary N) is 2. The minimum absolute atomic E-state index is 0.0837. The third-order valence-electron chi connectivity index (χ3n) is 5.68. The Morgan fingerprint density at radius 1 is 1.00 bits per heavy atom. The highest BCUT2D eigenvalue weighted by Crippen LogP contribution is 2.44. The fourth-order valence-electron chi connectivity index (χ4n) is 4.15. The number of aliphatic carboxylic acids is 1. The summed E-state index contributed by atoms with van der Waals surface area (Å²) in [5, 5.41) is 14.4. The second-order valence-electron chi connectivity index (χ2n) is 8.58. The first-order valence-corrected chi connectivity index (χ1v) is 11.1. The second kappa shape index (κ2) is 10.8. The van der Waals surface area contributed by atoms with Gasteiger partial charge in [0.15, 0.2) is 0 Å². The van der Waals surface area contributed by atoms with Crippen LogP contribution in [0.15, 0.2) is 61.2 Å². The average Bonchev–Trinajstić information content (AvgIpc) is 3.10. The topological polar surface area (TPSA) is 105 Å². The lowest BCUT2D eigenvalue weighted by Gasteiger charge is -2.22. The number of carbonyl (C=O) groups excluding carboxylic acids is 2. The fourth-order valence-corrected chi connectivity index (χ4v) is 4.15. The largest absolute Gasteiger partial charge is 0.480 e. The number of amides is 2. The van der Waals surface area contributed by atoms with Crippen LogP contribution in [0.4, 0.5) is 4.79 Å². The van der Waals surface area contributed by atoms with Crippen molar-refractivity contribution in [2.45, 2.75) is 44.7 Å². The zero-order chi connectivity index (χ0) is 24.0. The van der Waals surface area contributed by atoms with Gasteiger partial charge in [0.1, 0.15) is 18.7 Å². The summed E-state index contributed by atoms with van der Waals surface area (Å²) < 4.78 is 5.54. The number of alkyl carbamates (subject to hydrolysis) is 1. The van der Waals surface area contributed by atoms with Crippen LogP contribution in [0.5, 0.6) is 0 Å². The first-order chi connectivity index (χ1) is 15.8. The number of carboxylic acid groups (broad SMARTS) is 1. The number of ether oxygens (including phenoxy) is 1. The number of fused-ring (bicyclic) bond motifs is 3. The molecule has 0 saturated carbocycles. The van der Waals surface area contributed by atoms with E-state index in [9.17, 15) is 19.5 Å². The van der Waals surface area contributed by atoms with Crippen LogP contribution in [-0.2, 0) is 14.3 Å². The zero-order valence-corrected chi connectivity index (χ0v) is 18.9. The summed E-state index contributed by atoms with van der Waals surface area (Å²) in [5.41, 5.74) is 4.44. The molecule has 2 aromatic rings. The minimum atomic E-state index is -1.16. The molecule has 3 rings (SSSR count). The number of carboxylic acids is 1. The quantitative estimate of drug-likeness (QED) is 0.473. The highest BCUT2D eigenvalue weighted by atomic mass is 16.5. The van der Waals surface area contributed by atoms with E-state index in [0.717, 1.165) is 22.3 Å². The second-order valence-corrected chi connectivity index (χ2v) is 8.58. The maximum absolute atomic E-state index is 12.7. The third-order valence-corrected chi connectivity index (χ3v) is 5.68. The van der Waals surface area contributed by atoms with Crippen LogP contribution in [0, 0.1) is 5.92 Å². The molecule has 0 radical (unpaired) electrons. The molecule has 0 bridgehead atoms. The van der Waals surface area contributed by atoms with E-state index in [1.165, 1.54) is 6.08 Å². The Bertz CT molecular complexity index is 987. The van der Waals surface area contributed by atoms with Gasteiger partial charge in [-0.15, -0.1) is 6.58 Å². The standard InChI is InChI=1S/C26H30N2O5/c1-4-9-22(25(30)31)27-24(29)23(14-16(2)3)28-26(32)33-15-21-19-12-7-5-10-17(19)18-11-6-8-13-20(18)21/h4-8,10-13,16,21-23H,1,9,14-15H2,2-3H3,(H,27,29)(H,28,32)(H,30,31)/t22?,23-/m1/s1. The molecule has 174 valence electrons. The average molecular weight is 451 g/mol. The van der Waals surface area contributed by atoms with Crippen molar-refractivity contribution in [1.82, 2.24) is 10.6 Å². The zero-order valence-electron chi connectivity index (χ0n) is 18.9. The van der Waals surface area contributed by atoms with Crippen LogP contribution in [0.3, 0.4) is 0 Å². The maximum atomic E-state index is 12.7. The Labute approximate surface area is 193 Å². The van der Waals surface area contributed by atoms with Gasteiger partial charge in [-0.3, -0.25) is 4.79 Å². The van der Waals surface area contributed by atoms with Crippen LogP contribution in [0.2, 0.25) is 0 Å². The van der Waals surface area contributed by atoms with Gasteiger partial charge in [0, 0.05) is 5.92 Å². The van der Waals surface area contributed by atoms with Gasteiger partial charge >= 0.3 is 12.1 Å². The Morgan fingerprint density at radius 3 is 2.09 bits per heavy atom. The molecule has 3 N–H and O–H groups in total. The van der Waals surface area contributed by atoms with E-state index in [1.807, 2.05) is 50.2 Å². The summed E-state index contributed by atoms with van der Waals surface area (Å²) in [5.74, 6) is -1.72. The molecule has 2 aromatic carbocycles. The Morgan fingerprint density at radius 2 is 1.58 bits per heavy atom. The molecule has 0 aliphatic heterocycles. The maximum Gasteiger partial charge on any atom is 0.407 e. The number of carbonyl (C=O) groups is 3. The molecule has 33 heavy (non-hydrogen) atoms. The number of benzene rings is 2. The minimum Gasteiger partial charge on any atom is -0.480 e. The molecule has 0 fully saturated rings. The first-order valence-electron chi connectivity index (χ1n) is 11.1. The molecule has 0 spiro atoms. The highest BCUT2D eigenvalue weighted by molar-refractivity contribution is 5.89. The van der Waals surface area contributed by atoms with Crippen LogP contribution < -0.4 is 10.6 Å². The monoisotopic (exact) mass is 450 g/mol. The van der Waals surface area contributed by atoms with Crippen LogP contribution in [-0.4, -0.2) is 41.8 Å². The first kappa shape index (κ1) is 24.0. The van der Waals surface area contributed by atoms with Crippen molar-refractivity contribution in [3.05, 3.63) is 72.3 Å². The van der Waals surface area contributed by atoms with Gasteiger partial charge in [0.2, 0.25) is 5.91 Å². The van der Waals surface area contributed by atoms with E-state index in [0.29, 0.717) is 6.42 Å². The lowest BCUT2D eigenvalue weighted by Crippen LogP contribution is -2.52. The molecule has 7 heteroatoms. The smallest absolute Gasteiger partial charge is 0.407 e. The van der Waals surface area contributed by atoms with Crippen LogP contribution in [0.1, 0.15) is 43.7 Å². The molecule has 1 aliphatic carbocycles. The van der Waals surface area contributed by atoms with Gasteiger partial charge in [0.25, 0.3) is 0 Å². The van der Waals surface area contributed by atoms with E-state index < -0.39 is 30.1 Å². The Balaban J connectivity index is 1.67. The highest BCUT2D eigenvalue weighted by Gasteiger charge is 2.30. The number of hydrogen-bond acceptors (Lipinski definition) is 4. The van der Waals surface area contributed by atoms with Gasteiger partial charge in [-0.25, -0.2) is 9.59 Å². The van der Waals surface area contributed by atoms with E-state index in [-0.39, 0.29) is 24.9 Å². The van der Waals surface area contributed by atoms with E-state index in [2.05, 4.69) is 29.3 Å². The molecule has 1 aliphatic rings. The van der Waals surface area contributed by atoms with E-state index in [4.69, 9.17) is 4.74 Å². The number of rotatable bonds is 10. The molecule has 0 heterocycles. The lowest BCUT2D eigenvalue weighted by atomic mass is 9.98. The molecule has 1 unspecified atom stereocenters. The summed E-state index contributed by atoms with van der Waals surface area (Å²) in [4.78, 5) is 36.7. The SMILES string of the molecule is C=CCC(NC(=O)[C@@H](CC(C)C)NC(=O)OCC1c2ccccc2-c2ccccc21)C(=O)O. The molecule has 0 saturated heterocycles. The predicted molar refractivity (Wildman–Crippen MR) is 126 cm³/mol. The molecule has 7 nitrogen and oxygen atoms in total. The van der Waals surface area contributed by atoms with E-state index in [1.54, 1.807) is 0 Å². The van der Waals surface area contributed by atoms with Crippen molar-refractivity contribution in [1.29, 1.82) is 0 Å². The molecular formula is C26H30N2O5. The van der Waals surface area contributed by atoms with Crippen molar-refractivity contribution in [3.63, 3.8) is 0 Å². The van der Waals surface area contributed by atoms with Gasteiger partial charge in [0.05, 0.1) is 0 Å². The summed E-state index contributed by atoms with van der Waals surface area (Å²) in [7, 11) is 0. The molecule has 0 aromatic heterocycles. The third kappa shape index (κ3) is 5.80. The molecule has 2 amide bonds. The van der Waals surface area contributed by atoms with Crippen LogP contribution in [0.25, 0.3) is 11.1 Å². The summed E-state index contributed by atoms with van der Waals surface area (Å²) in [6, 6.07) is 14.0. The van der Waals surface area contributed by atoms with Crippen molar-refractivity contribution in [2.75, 3.05) is 6.61 Å². The van der Waals surface area contributed by atoms with Gasteiger partial charge in [-0.2, -0.15) is 0 Å². The van der Waals surface area contributed by atoms with E-state index >= 15 is 0 Å². The summed E-state index contributed by atoms with van der Waals surface area (Å²) in [6.45, 7) is 7.48. The summed E-state index contributed by atoms with van der Waals surface area (Å²) >= 11 is 0. The van der Waals surface area contributed by atoms with Crippen molar-refractivity contribution < 1.29 is 24.2 Å². The van der Waals surface area contributed by atoms with Crippen molar-refractivity contribution >= 4 is 18.0 Å². The van der Waals surface area contributed by atoms with Crippen molar-refractivity contribution in [3.8, 4) is 11.1 Å². The van der Waals surface area contributed by atoms with Crippen LogP contribution >= 0.6 is 0 Å². The normalized spacial score (nSPS) is 14.0. The van der Waals surface area contributed by atoms with Crippen molar-refractivity contribution in [2.24, 2.45) is 5.92 Å². The Hall–Kier alpha value is -3.61. The lowest BCUT2D eigenvalue weighted by molar-refractivity contribution is -0.142. The molecular weight excluding hydrogens is 420 g/mol. The molecule has 2 atom stereocenters. The Kier molecular flexibility index (Phi) is 7.87. The predicted octanol–water partition coefficient (Wildman–Crippen LogP) is 4.09. The van der Waals surface area contributed by atoms with Gasteiger partial charge < -0.3 is 20.5 Å². The number of hydrogen-bond donors (Lipinski definition) is 3. The van der Waals surface area contributed by atoms with Gasteiger partial charge in [-0.1, -0.05) is 68.5 Å². The summed E-state index contributed by atoms with van der Waals surface area (Å²) in [6.07, 6.45) is 1.14. The fraction of sp³-hybridized carbons (Fsp3) is 0.346.